The first-order valence-electron chi connectivity index (χ1n) is 11.4. The van der Waals surface area contributed by atoms with Gasteiger partial charge in [-0.3, -0.25) is 4.99 Å². The monoisotopic (exact) mass is 462 g/mol. The Hall–Kier alpha value is -1.77. The second kappa shape index (κ2) is 9.61. The molecule has 1 aromatic rings. The standard InChI is InChI=1S/C24H38N4O3S/c1-16(2)19(8-11-25-5)23(26-6)22-18(4)20(24(9-10-24)32(7,29)30)14-21(27-22)28-12-13-31-15-17(28)3/h8,11,14,16-17,23,26H,9-10,12-13,15H2,1-7H3/b19-8+,25-11?. The van der Waals surface area contributed by atoms with Gasteiger partial charge in [0, 0.05) is 26.1 Å². The van der Waals surface area contributed by atoms with Gasteiger partial charge in [0.25, 0.3) is 0 Å². The van der Waals surface area contributed by atoms with Gasteiger partial charge in [0.1, 0.15) is 5.82 Å². The van der Waals surface area contributed by atoms with E-state index in [4.69, 9.17) is 9.72 Å². The molecule has 2 fully saturated rings. The van der Waals surface area contributed by atoms with E-state index in [0.717, 1.165) is 34.8 Å². The maximum Gasteiger partial charge on any atom is 0.157 e. The number of morpholine rings is 1. The summed E-state index contributed by atoms with van der Waals surface area (Å²) in [5.41, 5.74) is 3.90. The molecule has 1 aromatic heterocycles. The molecule has 0 aromatic carbocycles. The molecule has 2 aliphatic rings. The third-order valence-electron chi connectivity index (χ3n) is 6.84. The van der Waals surface area contributed by atoms with Crippen molar-refractivity contribution in [1.29, 1.82) is 0 Å². The van der Waals surface area contributed by atoms with Crippen LogP contribution in [-0.2, 0) is 19.3 Å². The molecule has 7 nitrogen and oxygen atoms in total. The number of rotatable bonds is 8. The van der Waals surface area contributed by atoms with Crippen LogP contribution in [0.15, 0.2) is 22.7 Å². The second-order valence-electron chi connectivity index (χ2n) is 9.37. The van der Waals surface area contributed by atoms with Gasteiger partial charge in [0.2, 0.25) is 0 Å². The van der Waals surface area contributed by atoms with E-state index < -0.39 is 14.6 Å². The predicted octanol–water partition coefficient (Wildman–Crippen LogP) is 3.19. The number of likely N-dealkylation sites (N-methyl/N-ethyl adjacent to an activating group) is 1. The van der Waals surface area contributed by atoms with E-state index in [0.29, 0.717) is 26.1 Å². The summed E-state index contributed by atoms with van der Waals surface area (Å²) in [5, 5.41) is 3.44. The van der Waals surface area contributed by atoms with Crippen molar-refractivity contribution < 1.29 is 13.2 Å². The lowest BCUT2D eigenvalue weighted by Gasteiger charge is -2.36. The molecule has 2 atom stereocenters. The van der Waals surface area contributed by atoms with E-state index in [1.807, 2.05) is 32.3 Å². The van der Waals surface area contributed by atoms with Crippen LogP contribution in [0.3, 0.4) is 0 Å². The molecule has 1 saturated carbocycles. The Labute approximate surface area is 193 Å². The van der Waals surface area contributed by atoms with Crippen LogP contribution in [0.5, 0.6) is 0 Å². The van der Waals surface area contributed by atoms with Crippen LogP contribution in [0.1, 0.15) is 56.5 Å². The van der Waals surface area contributed by atoms with E-state index in [-0.39, 0.29) is 18.0 Å². The summed E-state index contributed by atoms with van der Waals surface area (Å²) in [6.45, 7) is 10.5. The summed E-state index contributed by atoms with van der Waals surface area (Å²) >= 11 is 0. The van der Waals surface area contributed by atoms with Crippen LogP contribution in [-0.4, -0.2) is 65.8 Å². The Kier molecular flexibility index (Phi) is 7.47. The third kappa shape index (κ3) is 4.63. The lowest BCUT2D eigenvalue weighted by Crippen LogP contribution is -2.44. The molecule has 1 aliphatic carbocycles. The van der Waals surface area contributed by atoms with Crippen LogP contribution >= 0.6 is 0 Å². The van der Waals surface area contributed by atoms with Gasteiger partial charge in [-0.05, 0) is 68.5 Å². The first kappa shape index (κ1) is 24.9. The van der Waals surface area contributed by atoms with Gasteiger partial charge in [0.05, 0.1) is 35.7 Å². The van der Waals surface area contributed by atoms with E-state index in [9.17, 15) is 8.42 Å². The zero-order valence-electron chi connectivity index (χ0n) is 20.5. The highest BCUT2D eigenvalue weighted by Gasteiger charge is 2.55. The lowest BCUT2D eigenvalue weighted by molar-refractivity contribution is 0.0985. The zero-order valence-corrected chi connectivity index (χ0v) is 21.3. The molecular formula is C24H38N4O3S. The molecule has 1 aliphatic heterocycles. The average molecular weight is 463 g/mol. The summed E-state index contributed by atoms with van der Waals surface area (Å²) in [4.78, 5) is 11.5. The molecule has 1 N–H and O–H groups in total. The summed E-state index contributed by atoms with van der Waals surface area (Å²) in [6, 6.07) is 2.06. The van der Waals surface area contributed by atoms with Crippen molar-refractivity contribution >= 4 is 21.9 Å². The molecule has 8 heteroatoms. The highest BCUT2D eigenvalue weighted by molar-refractivity contribution is 7.92. The Bertz CT molecular complexity index is 997. The average Bonchev–Trinajstić information content (AvgIpc) is 3.54. The minimum absolute atomic E-state index is 0.140. The maximum atomic E-state index is 12.9. The number of nitrogens with zero attached hydrogens (tertiary/aromatic N) is 3. The molecule has 0 amide bonds. The Morgan fingerprint density at radius 2 is 2.09 bits per heavy atom. The van der Waals surface area contributed by atoms with Gasteiger partial charge in [-0.25, -0.2) is 13.4 Å². The first-order valence-corrected chi connectivity index (χ1v) is 13.3. The summed E-state index contributed by atoms with van der Waals surface area (Å²) in [6.07, 6.45) is 6.54. The number of allylic oxidation sites excluding steroid dienone is 1. The third-order valence-corrected chi connectivity index (χ3v) is 8.89. The molecule has 32 heavy (non-hydrogen) atoms. The van der Waals surface area contributed by atoms with Crippen molar-refractivity contribution in [3.8, 4) is 0 Å². The van der Waals surface area contributed by atoms with Crippen LogP contribution in [0, 0.1) is 12.8 Å². The number of aliphatic imine (C=N–C) groups is 1. The molecule has 0 bridgehead atoms. The fourth-order valence-corrected chi connectivity index (χ4v) is 6.24. The molecule has 3 rings (SSSR count). The van der Waals surface area contributed by atoms with Crippen molar-refractivity contribution in [2.45, 2.75) is 57.4 Å². The van der Waals surface area contributed by atoms with Gasteiger partial charge in [0.15, 0.2) is 9.84 Å². The first-order chi connectivity index (χ1) is 15.1. The quantitative estimate of drug-likeness (QED) is 0.598. The number of pyridine rings is 1. The molecule has 0 spiro atoms. The highest BCUT2D eigenvalue weighted by Crippen LogP contribution is 2.54. The van der Waals surface area contributed by atoms with Gasteiger partial charge in [-0.2, -0.15) is 0 Å². The number of hydrogen-bond acceptors (Lipinski definition) is 7. The zero-order chi connectivity index (χ0) is 23.7. The number of ether oxygens (including phenoxy) is 1. The van der Waals surface area contributed by atoms with Crippen LogP contribution in [0.25, 0.3) is 0 Å². The van der Waals surface area contributed by atoms with E-state index >= 15 is 0 Å². The van der Waals surface area contributed by atoms with E-state index in [1.54, 1.807) is 7.05 Å². The highest BCUT2D eigenvalue weighted by atomic mass is 32.2. The van der Waals surface area contributed by atoms with Gasteiger partial charge < -0.3 is 15.0 Å². The van der Waals surface area contributed by atoms with Gasteiger partial charge in [-0.15, -0.1) is 0 Å². The minimum atomic E-state index is -3.25. The number of hydrogen-bond donors (Lipinski definition) is 1. The summed E-state index contributed by atoms with van der Waals surface area (Å²) < 4.78 is 30.5. The molecule has 1 saturated heterocycles. The second-order valence-corrected chi connectivity index (χ2v) is 11.7. The van der Waals surface area contributed by atoms with Crippen LogP contribution < -0.4 is 10.2 Å². The van der Waals surface area contributed by atoms with Crippen LogP contribution in [0.4, 0.5) is 5.82 Å². The molecule has 0 radical (unpaired) electrons. The lowest BCUT2D eigenvalue weighted by atomic mass is 9.89. The fraction of sp³-hybridized carbons (Fsp3) is 0.667. The van der Waals surface area contributed by atoms with Crippen molar-refractivity contribution in [3.05, 3.63) is 34.5 Å². The van der Waals surface area contributed by atoms with Gasteiger partial charge >= 0.3 is 0 Å². The molecule has 2 heterocycles. The molecular weight excluding hydrogens is 424 g/mol. The van der Waals surface area contributed by atoms with Crippen molar-refractivity contribution in [1.82, 2.24) is 10.3 Å². The van der Waals surface area contributed by atoms with Crippen molar-refractivity contribution in [2.75, 3.05) is 45.0 Å². The molecule has 2 unspecified atom stereocenters. The van der Waals surface area contributed by atoms with E-state index in [2.05, 4.69) is 36.0 Å². The SMILES string of the molecule is CN=C/C=C(\C(C)C)C(NC)c1nc(N2CCOCC2C)cc(C2(S(C)(=O)=O)CC2)c1C. The number of aromatic nitrogens is 1. The number of anilines is 1. The Morgan fingerprint density at radius 3 is 2.59 bits per heavy atom. The van der Waals surface area contributed by atoms with Crippen molar-refractivity contribution in [2.24, 2.45) is 10.9 Å². The van der Waals surface area contributed by atoms with E-state index in [1.165, 1.54) is 6.26 Å². The summed E-state index contributed by atoms with van der Waals surface area (Å²) in [5.74, 6) is 1.10. The Balaban J connectivity index is 2.25. The maximum absolute atomic E-state index is 12.9. The van der Waals surface area contributed by atoms with Crippen molar-refractivity contribution in [3.63, 3.8) is 0 Å². The summed E-state index contributed by atoms with van der Waals surface area (Å²) in [7, 11) is 0.432. The fourth-order valence-electron chi connectivity index (χ4n) is 4.78. The minimum Gasteiger partial charge on any atom is -0.377 e. The number of sulfone groups is 1. The predicted molar refractivity (Wildman–Crippen MR) is 131 cm³/mol. The number of nitrogens with one attached hydrogen (secondary N) is 1. The smallest absolute Gasteiger partial charge is 0.157 e. The topological polar surface area (TPSA) is 83.9 Å². The Morgan fingerprint density at radius 1 is 1.41 bits per heavy atom. The molecule has 178 valence electrons. The largest absolute Gasteiger partial charge is 0.377 e. The van der Waals surface area contributed by atoms with Gasteiger partial charge in [-0.1, -0.05) is 13.8 Å². The normalized spacial score (nSPS) is 22.6. The van der Waals surface area contributed by atoms with Crippen LogP contribution in [0.2, 0.25) is 0 Å².